The van der Waals surface area contributed by atoms with Crippen LogP contribution in [0, 0.1) is 0 Å². The molecule has 1 rings (SSSR count). The SMILES string of the molecule is CCN(CC)C(=S)SC(C)C(=O)Nc1ccc(C(C)C)cc1. The molecule has 1 atom stereocenters. The number of amides is 1. The topological polar surface area (TPSA) is 32.3 Å². The molecule has 0 saturated heterocycles. The maximum absolute atomic E-state index is 12.3. The highest BCUT2D eigenvalue weighted by Crippen LogP contribution is 2.20. The van der Waals surface area contributed by atoms with E-state index < -0.39 is 0 Å². The normalized spacial score (nSPS) is 12.1. The fraction of sp³-hybridized carbons (Fsp3) is 0.529. The molecule has 1 aromatic rings. The van der Waals surface area contributed by atoms with Crippen LogP contribution in [0.15, 0.2) is 24.3 Å². The van der Waals surface area contributed by atoms with Gasteiger partial charge in [-0.3, -0.25) is 4.79 Å². The summed E-state index contributed by atoms with van der Waals surface area (Å²) in [6, 6.07) is 8.01. The van der Waals surface area contributed by atoms with Gasteiger partial charge in [-0.2, -0.15) is 0 Å². The molecule has 3 nitrogen and oxygen atoms in total. The Kier molecular flexibility index (Phi) is 7.90. The van der Waals surface area contributed by atoms with Gasteiger partial charge in [-0.05, 0) is 44.4 Å². The van der Waals surface area contributed by atoms with Crippen LogP contribution in [0.5, 0.6) is 0 Å². The number of anilines is 1. The first kappa shape index (κ1) is 19.0. The maximum atomic E-state index is 12.3. The third-order valence-corrected chi connectivity index (χ3v) is 5.09. The van der Waals surface area contributed by atoms with E-state index in [4.69, 9.17) is 12.2 Å². The molecular formula is C17H26N2OS2. The van der Waals surface area contributed by atoms with E-state index >= 15 is 0 Å². The minimum absolute atomic E-state index is 0.0168. The number of thioether (sulfide) groups is 1. The van der Waals surface area contributed by atoms with Gasteiger partial charge in [0.2, 0.25) is 5.91 Å². The summed E-state index contributed by atoms with van der Waals surface area (Å²) < 4.78 is 0.780. The van der Waals surface area contributed by atoms with E-state index in [9.17, 15) is 4.79 Å². The minimum Gasteiger partial charge on any atom is -0.358 e. The summed E-state index contributed by atoms with van der Waals surface area (Å²) in [5.74, 6) is 0.475. The lowest BCUT2D eigenvalue weighted by atomic mass is 10.0. The van der Waals surface area contributed by atoms with Crippen LogP contribution >= 0.6 is 24.0 Å². The van der Waals surface area contributed by atoms with Gasteiger partial charge in [0.15, 0.2) is 0 Å². The fourth-order valence-corrected chi connectivity index (χ4v) is 3.52. The van der Waals surface area contributed by atoms with Crippen molar-refractivity contribution in [2.75, 3.05) is 18.4 Å². The number of carbonyl (C=O) groups is 1. The second kappa shape index (κ2) is 9.16. The third-order valence-electron chi connectivity index (χ3n) is 3.51. The second-order valence-corrected chi connectivity index (χ2v) is 7.44. The van der Waals surface area contributed by atoms with Gasteiger partial charge >= 0.3 is 0 Å². The molecule has 0 fully saturated rings. The zero-order valence-corrected chi connectivity index (χ0v) is 15.7. The Morgan fingerprint density at radius 1 is 1.18 bits per heavy atom. The van der Waals surface area contributed by atoms with Crippen molar-refractivity contribution in [1.82, 2.24) is 4.90 Å². The molecule has 22 heavy (non-hydrogen) atoms. The lowest BCUT2D eigenvalue weighted by molar-refractivity contribution is -0.115. The van der Waals surface area contributed by atoms with Crippen LogP contribution in [-0.2, 0) is 4.79 Å². The number of hydrogen-bond donors (Lipinski definition) is 1. The van der Waals surface area contributed by atoms with Crippen LogP contribution in [0.1, 0.15) is 46.1 Å². The number of hydrogen-bond acceptors (Lipinski definition) is 3. The molecular weight excluding hydrogens is 312 g/mol. The van der Waals surface area contributed by atoms with Crippen molar-refractivity contribution in [1.29, 1.82) is 0 Å². The first-order valence-electron chi connectivity index (χ1n) is 7.75. The summed E-state index contributed by atoms with van der Waals surface area (Å²) >= 11 is 6.83. The lowest BCUT2D eigenvalue weighted by Gasteiger charge is -2.23. The van der Waals surface area contributed by atoms with Gasteiger partial charge in [-0.25, -0.2) is 0 Å². The molecule has 0 aliphatic heterocycles. The Bertz CT molecular complexity index is 496. The van der Waals surface area contributed by atoms with Crippen molar-refractivity contribution >= 4 is 39.9 Å². The molecule has 0 heterocycles. The van der Waals surface area contributed by atoms with Crippen molar-refractivity contribution in [3.63, 3.8) is 0 Å². The van der Waals surface area contributed by atoms with E-state index in [0.29, 0.717) is 5.92 Å². The third kappa shape index (κ3) is 5.61. The van der Waals surface area contributed by atoms with Crippen molar-refractivity contribution < 1.29 is 4.79 Å². The molecule has 0 saturated carbocycles. The second-order valence-electron chi connectivity index (χ2n) is 5.46. The predicted octanol–water partition coefficient (Wildman–Crippen LogP) is 4.50. The maximum Gasteiger partial charge on any atom is 0.237 e. The average Bonchev–Trinajstić information content (AvgIpc) is 2.48. The van der Waals surface area contributed by atoms with Gasteiger partial charge in [0.25, 0.3) is 0 Å². The van der Waals surface area contributed by atoms with E-state index in [2.05, 4.69) is 50.0 Å². The highest BCUT2D eigenvalue weighted by atomic mass is 32.2. The number of nitrogens with one attached hydrogen (secondary N) is 1. The predicted molar refractivity (Wildman–Crippen MR) is 102 cm³/mol. The molecule has 1 N–H and O–H groups in total. The standard InChI is InChI=1S/C17H26N2OS2/c1-6-19(7-2)17(21)22-13(5)16(20)18-15-10-8-14(9-11-15)12(3)4/h8-13H,6-7H2,1-5H3,(H,18,20). The molecule has 1 aromatic carbocycles. The first-order chi connectivity index (χ1) is 10.4. The summed E-state index contributed by atoms with van der Waals surface area (Å²) in [5.41, 5.74) is 2.10. The molecule has 0 radical (unpaired) electrons. The molecule has 0 spiro atoms. The number of carbonyl (C=O) groups excluding carboxylic acids is 1. The zero-order chi connectivity index (χ0) is 16.7. The van der Waals surface area contributed by atoms with E-state index in [1.165, 1.54) is 17.3 Å². The smallest absolute Gasteiger partial charge is 0.237 e. The Morgan fingerprint density at radius 3 is 2.18 bits per heavy atom. The van der Waals surface area contributed by atoms with E-state index in [-0.39, 0.29) is 11.2 Å². The average molecular weight is 339 g/mol. The summed E-state index contributed by atoms with van der Waals surface area (Å²) in [5, 5.41) is 2.74. The van der Waals surface area contributed by atoms with Crippen LogP contribution in [0.25, 0.3) is 0 Å². The van der Waals surface area contributed by atoms with Crippen LogP contribution in [0.4, 0.5) is 5.69 Å². The summed E-state index contributed by atoms with van der Waals surface area (Å²) in [4.78, 5) is 14.3. The van der Waals surface area contributed by atoms with E-state index in [1.807, 2.05) is 19.1 Å². The van der Waals surface area contributed by atoms with Crippen LogP contribution in [0.3, 0.4) is 0 Å². The van der Waals surface area contributed by atoms with Crippen molar-refractivity contribution in [3.05, 3.63) is 29.8 Å². The number of nitrogens with zero attached hydrogens (tertiary/aromatic N) is 1. The lowest BCUT2D eigenvalue weighted by Crippen LogP contribution is -2.31. The Balaban J connectivity index is 2.58. The van der Waals surface area contributed by atoms with Gasteiger partial charge in [-0.15, -0.1) is 0 Å². The fourth-order valence-electron chi connectivity index (χ4n) is 1.96. The van der Waals surface area contributed by atoms with Crippen molar-refractivity contribution in [2.45, 2.75) is 45.8 Å². The summed E-state index contributed by atoms with van der Waals surface area (Å²) in [6.45, 7) is 12.1. The molecule has 0 aromatic heterocycles. The van der Waals surface area contributed by atoms with Gasteiger partial charge in [-0.1, -0.05) is 50.0 Å². The Hall–Kier alpha value is -1.07. The van der Waals surface area contributed by atoms with Gasteiger partial charge < -0.3 is 10.2 Å². The summed E-state index contributed by atoms with van der Waals surface area (Å²) in [7, 11) is 0. The molecule has 122 valence electrons. The highest BCUT2D eigenvalue weighted by molar-refractivity contribution is 8.23. The zero-order valence-electron chi connectivity index (χ0n) is 14.1. The minimum atomic E-state index is -0.210. The van der Waals surface area contributed by atoms with Crippen LogP contribution < -0.4 is 5.32 Å². The number of benzene rings is 1. The van der Waals surface area contributed by atoms with E-state index in [0.717, 1.165) is 23.1 Å². The molecule has 5 heteroatoms. The van der Waals surface area contributed by atoms with Crippen LogP contribution in [-0.4, -0.2) is 33.5 Å². The highest BCUT2D eigenvalue weighted by Gasteiger charge is 2.18. The Labute approximate surface area is 143 Å². The molecule has 0 aliphatic rings. The van der Waals surface area contributed by atoms with Gasteiger partial charge in [0.1, 0.15) is 4.32 Å². The number of rotatable bonds is 6. The van der Waals surface area contributed by atoms with Crippen molar-refractivity contribution in [3.8, 4) is 0 Å². The quantitative estimate of drug-likeness (QED) is 0.774. The largest absolute Gasteiger partial charge is 0.358 e. The molecule has 0 aliphatic carbocycles. The number of thiocarbonyl (C=S) groups is 1. The van der Waals surface area contributed by atoms with Gasteiger partial charge in [0.05, 0.1) is 5.25 Å². The Morgan fingerprint density at radius 2 is 1.73 bits per heavy atom. The first-order valence-corrected chi connectivity index (χ1v) is 9.04. The molecule has 1 amide bonds. The van der Waals surface area contributed by atoms with E-state index in [1.54, 1.807) is 0 Å². The van der Waals surface area contributed by atoms with Crippen LogP contribution in [0.2, 0.25) is 0 Å². The van der Waals surface area contributed by atoms with Crippen molar-refractivity contribution in [2.24, 2.45) is 0 Å². The molecule has 1 unspecified atom stereocenters. The van der Waals surface area contributed by atoms with Gasteiger partial charge in [0, 0.05) is 18.8 Å². The summed E-state index contributed by atoms with van der Waals surface area (Å²) in [6.07, 6.45) is 0. The molecule has 0 bridgehead atoms. The monoisotopic (exact) mass is 338 g/mol.